The highest BCUT2D eigenvalue weighted by molar-refractivity contribution is 5.17. The van der Waals surface area contributed by atoms with Gasteiger partial charge < -0.3 is 5.11 Å². The van der Waals surface area contributed by atoms with Crippen molar-refractivity contribution in [2.45, 2.75) is 25.6 Å². The van der Waals surface area contributed by atoms with Crippen LogP contribution in [-0.2, 0) is 6.54 Å². The molecule has 0 amide bonds. The first-order valence-electron chi connectivity index (χ1n) is 8.31. The molecule has 2 heterocycles. The molecule has 1 aliphatic rings. The van der Waals surface area contributed by atoms with Gasteiger partial charge in [0.05, 0.1) is 11.8 Å². The molecule has 0 aliphatic carbocycles. The molecule has 122 valence electrons. The number of aliphatic hydroxyl groups is 1. The number of aromatic nitrogens is 1. The van der Waals surface area contributed by atoms with Crippen molar-refractivity contribution >= 4 is 0 Å². The maximum atomic E-state index is 10.4. The van der Waals surface area contributed by atoms with Gasteiger partial charge in [-0.05, 0) is 24.6 Å². The lowest BCUT2D eigenvalue weighted by molar-refractivity contribution is 0.0358. The van der Waals surface area contributed by atoms with Gasteiger partial charge in [-0.25, -0.2) is 0 Å². The zero-order chi connectivity index (χ0) is 16.1. The Bertz CT molecular complexity index is 590. The molecule has 1 aromatic carbocycles. The largest absolute Gasteiger partial charge is 0.387 e. The summed E-state index contributed by atoms with van der Waals surface area (Å²) >= 11 is 0. The third-order valence-corrected chi connectivity index (χ3v) is 4.55. The normalized spacial score (nSPS) is 21.2. The number of β-amino-alcohol motifs (C(OH)–C–C–N with tert-alkyl or cyclic N) is 1. The Balaban J connectivity index is 1.52. The zero-order valence-corrected chi connectivity index (χ0v) is 13.7. The first kappa shape index (κ1) is 16.1. The van der Waals surface area contributed by atoms with Gasteiger partial charge in [0.2, 0.25) is 0 Å². The van der Waals surface area contributed by atoms with E-state index < -0.39 is 6.10 Å². The molecule has 1 aliphatic heterocycles. The quantitative estimate of drug-likeness (QED) is 0.920. The van der Waals surface area contributed by atoms with Crippen LogP contribution in [0.1, 0.15) is 24.3 Å². The van der Waals surface area contributed by atoms with Crippen LogP contribution >= 0.6 is 0 Å². The molecule has 4 nitrogen and oxygen atoms in total. The van der Waals surface area contributed by atoms with Crippen molar-refractivity contribution in [3.8, 4) is 0 Å². The maximum Gasteiger partial charge on any atom is 0.0917 e. The van der Waals surface area contributed by atoms with E-state index in [1.54, 1.807) is 0 Å². The number of rotatable bonds is 5. The number of hydrogen-bond donors (Lipinski definition) is 1. The van der Waals surface area contributed by atoms with Gasteiger partial charge in [-0.2, -0.15) is 0 Å². The summed E-state index contributed by atoms with van der Waals surface area (Å²) in [6, 6.07) is 16.4. The summed E-state index contributed by atoms with van der Waals surface area (Å²) in [5, 5.41) is 10.4. The monoisotopic (exact) mass is 311 g/mol. The van der Waals surface area contributed by atoms with Crippen molar-refractivity contribution in [3.63, 3.8) is 0 Å². The van der Waals surface area contributed by atoms with Gasteiger partial charge in [-0.3, -0.25) is 14.8 Å². The van der Waals surface area contributed by atoms with Crippen LogP contribution in [0.3, 0.4) is 0 Å². The second-order valence-electron chi connectivity index (χ2n) is 6.33. The Kier molecular flexibility index (Phi) is 5.39. The highest BCUT2D eigenvalue weighted by Crippen LogP contribution is 2.18. The van der Waals surface area contributed by atoms with Crippen LogP contribution in [0.2, 0.25) is 0 Å². The lowest BCUT2D eigenvalue weighted by Crippen LogP contribution is -2.52. The van der Waals surface area contributed by atoms with Crippen molar-refractivity contribution in [3.05, 3.63) is 66.0 Å². The second kappa shape index (κ2) is 7.68. The van der Waals surface area contributed by atoms with Gasteiger partial charge in [-0.1, -0.05) is 36.4 Å². The molecule has 0 spiro atoms. The number of aliphatic hydroxyl groups excluding tert-OH is 1. The third kappa shape index (κ3) is 4.38. The summed E-state index contributed by atoms with van der Waals surface area (Å²) in [4.78, 5) is 9.23. The topological polar surface area (TPSA) is 39.6 Å². The van der Waals surface area contributed by atoms with Gasteiger partial charge in [0, 0.05) is 45.0 Å². The standard InChI is InChI=1S/C19H25N3O/c1-16-13-21(14-18-9-5-6-10-20-18)11-12-22(16)15-19(23)17-7-3-2-4-8-17/h2-10,16,19,23H,11-15H2,1H3/t16-,19+/m1/s1. The molecular weight excluding hydrogens is 286 g/mol. The van der Waals surface area contributed by atoms with E-state index in [2.05, 4.69) is 27.8 Å². The van der Waals surface area contributed by atoms with Crippen LogP contribution in [0.15, 0.2) is 54.7 Å². The van der Waals surface area contributed by atoms with Gasteiger partial charge in [0.25, 0.3) is 0 Å². The van der Waals surface area contributed by atoms with Gasteiger partial charge in [0.1, 0.15) is 0 Å². The minimum Gasteiger partial charge on any atom is -0.387 e. The summed E-state index contributed by atoms with van der Waals surface area (Å²) in [5.74, 6) is 0. The Hall–Kier alpha value is -1.75. The van der Waals surface area contributed by atoms with Crippen LogP contribution in [0.4, 0.5) is 0 Å². The summed E-state index contributed by atoms with van der Waals surface area (Å²) in [5.41, 5.74) is 2.12. The number of benzene rings is 1. The molecule has 1 fully saturated rings. The third-order valence-electron chi connectivity index (χ3n) is 4.55. The summed E-state index contributed by atoms with van der Waals surface area (Å²) in [6.07, 6.45) is 1.44. The van der Waals surface area contributed by atoms with E-state index >= 15 is 0 Å². The fourth-order valence-corrected chi connectivity index (χ4v) is 3.21. The van der Waals surface area contributed by atoms with E-state index in [0.717, 1.165) is 37.4 Å². The van der Waals surface area contributed by atoms with Crippen LogP contribution in [0.5, 0.6) is 0 Å². The van der Waals surface area contributed by atoms with E-state index in [0.29, 0.717) is 12.6 Å². The molecule has 1 saturated heterocycles. The van der Waals surface area contributed by atoms with Gasteiger partial charge >= 0.3 is 0 Å². The SMILES string of the molecule is C[C@@H]1CN(Cc2ccccn2)CCN1C[C@H](O)c1ccccc1. The summed E-state index contributed by atoms with van der Waals surface area (Å²) < 4.78 is 0. The average Bonchev–Trinajstić information content (AvgIpc) is 2.59. The van der Waals surface area contributed by atoms with Crippen molar-refractivity contribution < 1.29 is 5.11 Å². The minimum absolute atomic E-state index is 0.416. The van der Waals surface area contributed by atoms with Crippen LogP contribution < -0.4 is 0 Å². The molecule has 0 bridgehead atoms. The lowest BCUT2D eigenvalue weighted by atomic mass is 10.1. The number of hydrogen-bond acceptors (Lipinski definition) is 4. The minimum atomic E-state index is -0.416. The number of nitrogens with zero attached hydrogens (tertiary/aromatic N) is 3. The fourth-order valence-electron chi connectivity index (χ4n) is 3.21. The summed E-state index contributed by atoms with van der Waals surface area (Å²) in [7, 11) is 0. The molecule has 4 heteroatoms. The second-order valence-corrected chi connectivity index (χ2v) is 6.33. The zero-order valence-electron chi connectivity index (χ0n) is 13.7. The van der Waals surface area contributed by atoms with E-state index in [9.17, 15) is 5.11 Å². The lowest BCUT2D eigenvalue weighted by Gasteiger charge is -2.40. The molecule has 0 radical (unpaired) electrons. The average molecular weight is 311 g/mol. The Labute approximate surface area is 138 Å². The molecule has 0 unspecified atom stereocenters. The smallest absolute Gasteiger partial charge is 0.0917 e. The number of piperazine rings is 1. The Morgan fingerprint density at radius 1 is 1.13 bits per heavy atom. The van der Waals surface area contributed by atoms with Crippen LogP contribution in [-0.4, -0.2) is 52.1 Å². The molecular formula is C19H25N3O. The van der Waals surface area contributed by atoms with E-state index in [1.807, 2.05) is 48.7 Å². The molecule has 3 rings (SSSR count). The van der Waals surface area contributed by atoms with Crippen LogP contribution in [0.25, 0.3) is 0 Å². The molecule has 0 saturated carbocycles. The van der Waals surface area contributed by atoms with Crippen molar-refractivity contribution in [2.24, 2.45) is 0 Å². The van der Waals surface area contributed by atoms with Crippen molar-refractivity contribution in [1.82, 2.24) is 14.8 Å². The van der Waals surface area contributed by atoms with Gasteiger partial charge in [0.15, 0.2) is 0 Å². The number of pyridine rings is 1. The molecule has 1 N–H and O–H groups in total. The summed E-state index contributed by atoms with van der Waals surface area (Å²) in [6.45, 7) is 6.85. The highest BCUT2D eigenvalue weighted by atomic mass is 16.3. The van der Waals surface area contributed by atoms with E-state index in [-0.39, 0.29) is 0 Å². The first-order valence-corrected chi connectivity index (χ1v) is 8.31. The first-order chi connectivity index (χ1) is 11.2. The Morgan fingerprint density at radius 3 is 2.61 bits per heavy atom. The van der Waals surface area contributed by atoms with E-state index in [1.165, 1.54) is 0 Å². The molecule has 2 atom stereocenters. The highest BCUT2D eigenvalue weighted by Gasteiger charge is 2.25. The molecule has 1 aromatic heterocycles. The predicted molar refractivity (Wildman–Crippen MR) is 92.0 cm³/mol. The maximum absolute atomic E-state index is 10.4. The Morgan fingerprint density at radius 2 is 1.91 bits per heavy atom. The fraction of sp³-hybridized carbons (Fsp3) is 0.421. The molecule has 23 heavy (non-hydrogen) atoms. The van der Waals surface area contributed by atoms with Crippen molar-refractivity contribution in [2.75, 3.05) is 26.2 Å². The van der Waals surface area contributed by atoms with E-state index in [4.69, 9.17) is 0 Å². The van der Waals surface area contributed by atoms with Crippen molar-refractivity contribution in [1.29, 1.82) is 0 Å². The van der Waals surface area contributed by atoms with Crippen LogP contribution in [0, 0.1) is 0 Å². The molecule has 2 aromatic rings. The van der Waals surface area contributed by atoms with Gasteiger partial charge in [-0.15, -0.1) is 0 Å². The predicted octanol–water partition coefficient (Wildman–Crippen LogP) is 2.32.